The standard InChI is InChI=1S/C19H33NO/c1-15(2)6-9-17(19-5-4-14-21-19)12-13-20-18-10-7-16(3)8-11-18/h4-5,14-18,20H,6-13H2,1-3H3/p+1/t16?,17-,18?/m0/s1. The van der Waals surface area contributed by atoms with Gasteiger partial charge in [0.2, 0.25) is 0 Å². The average molecular weight is 292 g/mol. The van der Waals surface area contributed by atoms with Crippen molar-refractivity contribution in [3.63, 3.8) is 0 Å². The molecule has 0 bridgehead atoms. The van der Waals surface area contributed by atoms with E-state index in [-0.39, 0.29) is 0 Å². The highest BCUT2D eigenvalue weighted by Gasteiger charge is 2.21. The van der Waals surface area contributed by atoms with Crippen molar-refractivity contribution >= 4 is 0 Å². The summed E-state index contributed by atoms with van der Waals surface area (Å²) in [5.74, 6) is 3.55. The molecule has 1 fully saturated rings. The molecule has 1 aliphatic carbocycles. The fourth-order valence-electron chi connectivity index (χ4n) is 3.54. The SMILES string of the molecule is CC(C)CC[C@@H](CC[NH2+]C1CCC(C)CC1)c1ccco1. The topological polar surface area (TPSA) is 29.8 Å². The lowest BCUT2D eigenvalue weighted by atomic mass is 9.87. The maximum Gasteiger partial charge on any atom is 0.107 e. The van der Waals surface area contributed by atoms with Crippen LogP contribution in [0.1, 0.15) is 77.4 Å². The molecule has 1 aliphatic rings. The predicted octanol–water partition coefficient (Wildman–Crippen LogP) is 4.33. The Balaban J connectivity index is 1.74. The van der Waals surface area contributed by atoms with Crippen molar-refractivity contribution < 1.29 is 9.73 Å². The second kappa shape index (κ2) is 8.63. The summed E-state index contributed by atoms with van der Waals surface area (Å²) >= 11 is 0. The lowest BCUT2D eigenvalue weighted by Gasteiger charge is -2.25. The Morgan fingerprint density at radius 2 is 1.90 bits per heavy atom. The van der Waals surface area contributed by atoms with Gasteiger partial charge < -0.3 is 9.73 Å². The Morgan fingerprint density at radius 3 is 2.52 bits per heavy atom. The van der Waals surface area contributed by atoms with Crippen LogP contribution in [0.15, 0.2) is 22.8 Å². The summed E-state index contributed by atoms with van der Waals surface area (Å²) in [5.41, 5.74) is 0. The Labute approximate surface area is 130 Å². The molecule has 0 amide bonds. The van der Waals surface area contributed by atoms with E-state index in [1.54, 1.807) is 0 Å². The number of hydrogen-bond acceptors (Lipinski definition) is 1. The first-order valence-electron chi connectivity index (χ1n) is 9.02. The molecule has 0 unspecified atom stereocenters. The molecule has 0 radical (unpaired) electrons. The van der Waals surface area contributed by atoms with Crippen LogP contribution in [-0.4, -0.2) is 12.6 Å². The first-order valence-corrected chi connectivity index (χ1v) is 9.02. The zero-order valence-electron chi connectivity index (χ0n) is 14.2. The van der Waals surface area contributed by atoms with E-state index in [1.165, 1.54) is 57.3 Å². The Hall–Kier alpha value is -0.760. The van der Waals surface area contributed by atoms with Crippen molar-refractivity contribution in [1.82, 2.24) is 0 Å². The van der Waals surface area contributed by atoms with E-state index in [0.717, 1.165) is 17.9 Å². The van der Waals surface area contributed by atoms with E-state index in [9.17, 15) is 0 Å². The van der Waals surface area contributed by atoms with Crippen LogP contribution in [-0.2, 0) is 0 Å². The Kier molecular flexibility index (Phi) is 6.82. The summed E-state index contributed by atoms with van der Waals surface area (Å²) in [5, 5.41) is 2.61. The first-order chi connectivity index (χ1) is 10.1. The third-order valence-corrected chi connectivity index (χ3v) is 5.11. The number of quaternary nitrogens is 1. The van der Waals surface area contributed by atoms with Crippen LogP contribution in [0.2, 0.25) is 0 Å². The van der Waals surface area contributed by atoms with Crippen molar-refractivity contribution in [2.24, 2.45) is 11.8 Å². The molecule has 1 aromatic rings. The van der Waals surface area contributed by atoms with Gasteiger partial charge in [-0.05, 0) is 56.1 Å². The zero-order chi connectivity index (χ0) is 15.1. The molecule has 1 aromatic heterocycles. The van der Waals surface area contributed by atoms with Gasteiger partial charge in [-0.15, -0.1) is 0 Å². The third kappa shape index (κ3) is 5.86. The predicted molar refractivity (Wildman–Crippen MR) is 88.4 cm³/mol. The Morgan fingerprint density at radius 1 is 1.14 bits per heavy atom. The van der Waals surface area contributed by atoms with E-state index < -0.39 is 0 Å². The van der Waals surface area contributed by atoms with Gasteiger partial charge in [0.1, 0.15) is 5.76 Å². The molecule has 1 atom stereocenters. The monoisotopic (exact) mass is 292 g/mol. The van der Waals surface area contributed by atoms with Crippen molar-refractivity contribution in [2.75, 3.05) is 6.54 Å². The van der Waals surface area contributed by atoms with Gasteiger partial charge in [0.25, 0.3) is 0 Å². The van der Waals surface area contributed by atoms with Crippen LogP contribution in [0, 0.1) is 11.8 Å². The largest absolute Gasteiger partial charge is 0.469 e. The van der Waals surface area contributed by atoms with Gasteiger partial charge in [-0.3, -0.25) is 0 Å². The molecule has 21 heavy (non-hydrogen) atoms. The minimum absolute atomic E-state index is 0.612. The smallest absolute Gasteiger partial charge is 0.107 e. The molecular weight excluding hydrogens is 258 g/mol. The highest BCUT2D eigenvalue weighted by Crippen LogP contribution is 2.27. The summed E-state index contributed by atoms with van der Waals surface area (Å²) in [6.07, 6.45) is 11.3. The van der Waals surface area contributed by atoms with Gasteiger partial charge in [0.15, 0.2) is 0 Å². The second-order valence-corrected chi connectivity index (χ2v) is 7.52. The van der Waals surface area contributed by atoms with Gasteiger partial charge >= 0.3 is 0 Å². The van der Waals surface area contributed by atoms with E-state index in [0.29, 0.717) is 5.92 Å². The number of rotatable bonds is 8. The molecule has 2 nitrogen and oxygen atoms in total. The fourth-order valence-corrected chi connectivity index (χ4v) is 3.54. The van der Waals surface area contributed by atoms with Crippen molar-refractivity contribution in [1.29, 1.82) is 0 Å². The van der Waals surface area contributed by atoms with E-state index in [4.69, 9.17) is 4.42 Å². The second-order valence-electron chi connectivity index (χ2n) is 7.52. The van der Waals surface area contributed by atoms with Crippen molar-refractivity contribution in [3.05, 3.63) is 24.2 Å². The lowest BCUT2D eigenvalue weighted by molar-refractivity contribution is -0.692. The van der Waals surface area contributed by atoms with Crippen LogP contribution >= 0.6 is 0 Å². The molecule has 0 saturated heterocycles. The maximum absolute atomic E-state index is 5.67. The van der Waals surface area contributed by atoms with E-state index in [2.05, 4.69) is 32.2 Å². The normalized spacial score (nSPS) is 24.4. The van der Waals surface area contributed by atoms with Gasteiger partial charge in [0.05, 0.1) is 18.8 Å². The summed E-state index contributed by atoms with van der Waals surface area (Å²) in [6.45, 7) is 8.28. The molecule has 0 aliphatic heterocycles. The molecule has 1 saturated carbocycles. The Bertz CT molecular complexity index is 363. The first kappa shape index (κ1) is 16.6. The highest BCUT2D eigenvalue weighted by molar-refractivity contribution is 5.05. The van der Waals surface area contributed by atoms with Gasteiger partial charge in [0, 0.05) is 12.3 Å². The number of hydrogen-bond donors (Lipinski definition) is 1. The molecule has 0 spiro atoms. The van der Waals surface area contributed by atoms with Crippen molar-refractivity contribution in [2.45, 2.75) is 77.7 Å². The molecule has 2 rings (SSSR count). The van der Waals surface area contributed by atoms with E-state index >= 15 is 0 Å². The number of nitrogens with two attached hydrogens (primary N) is 1. The van der Waals surface area contributed by atoms with Crippen LogP contribution < -0.4 is 5.32 Å². The zero-order valence-corrected chi connectivity index (χ0v) is 14.2. The lowest BCUT2D eigenvalue weighted by Crippen LogP contribution is -2.90. The fraction of sp³-hybridized carbons (Fsp3) is 0.789. The average Bonchev–Trinajstić information content (AvgIpc) is 2.98. The minimum Gasteiger partial charge on any atom is -0.469 e. The van der Waals surface area contributed by atoms with Gasteiger partial charge in [-0.2, -0.15) is 0 Å². The third-order valence-electron chi connectivity index (χ3n) is 5.11. The number of furan rings is 1. The van der Waals surface area contributed by atoms with Crippen LogP contribution in [0.3, 0.4) is 0 Å². The summed E-state index contributed by atoms with van der Waals surface area (Å²) in [4.78, 5) is 0. The van der Waals surface area contributed by atoms with Gasteiger partial charge in [-0.1, -0.05) is 27.2 Å². The highest BCUT2D eigenvalue weighted by atomic mass is 16.3. The summed E-state index contributed by atoms with van der Waals surface area (Å²) in [7, 11) is 0. The molecule has 120 valence electrons. The maximum atomic E-state index is 5.67. The van der Waals surface area contributed by atoms with Crippen LogP contribution in [0.5, 0.6) is 0 Å². The molecule has 1 heterocycles. The molecule has 2 N–H and O–H groups in total. The quantitative estimate of drug-likeness (QED) is 0.759. The van der Waals surface area contributed by atoms with Crippen molar-refractivity contribution in [3.8, 4) is 0 Å². The molecule has 0 aromatic carbocycles. The van der Waals surface area contributed by atoms with E-state index in [1.807, 2.05) is 12.3 Å². The molecule has 2 heteroatoms. The summed E-state index contributed by atoms with van der Waals surface area (Å²) < 4.78 is 5.67. The molecular formula is C19H34NO+. The summed E-state index contributed by atoms with van der Waals surface area (Å²) in [6, 6.07) is 5.07. The van der Waals surface area contributed by atoms with Crippen LogP contribution in [0.25, 0.3) is 0 Å². The van der Waals surface area contributed by atoms with Crippen LogP contribution in [0.4, 0.5) is 0 Å². The minimum atomic E-state index is 0.612. The van der Waals surface area contributed by atoms with Gasteiger partial charge in [-0.25, -0.2) is 0 Å².